The molecule has 0 aliphatic heterocycles. The SMILES string of the molecule is COc1ccc(C(=O)c2cc(N)cc(Cl)c2)cc1Cl. The lowest BCUT2D eigenvalue weighted by Crippen LogP contribution is -2.02. The number of rotatable bonds is 3. The smallest absolute Gasteiger partial charge is 0.193 e. The van der Waals surface area contributed by atoms with E-state index in [-0.39, 0.29) is 5.78 Å². The fraction of sp³-hybridized carbons (Fsp3) is 0.0714. The lowest BCUT2D eigenvalue weighted by Gasteiger charge is -2.06. The molecule has 3 nitrogen and oxygen atoms in total. The summed E-state index contributed by atoms with van der Waals surface area (Å²) in [6.07, 6.45) is 0. The molecule has 0 saturated carbocycles. The van der Waals surface area contributed by atoms with Crippen LogP contribution in [0.15, 0.2) is 36.4 Å². The summed E-state index contributed by atoms with van der Waals surface area (Å²) < 4.78 is 5.04. The molecule has 0 bridgehead atoms. The van der Waals surface area contributed by atoms with Crippen LogP contribution in [-0.2, 0) is 0 Å². The first-order valence-corrected chi connectivity index (χ1v) is 6.21. The van der Waals surface area contributed by atoms with Crippen LogP contribution < -0.4 is 10.5 Å². The minimum atomic E-state index is -0.196. The zero-order valence-corrected chi connectivity index (χ0v) is 11.6. The molecule has 0 aromatic heterocycles. The van der Waals surface area contributed by atoms with Crippen LogP contribution in [0.3, 0.4) is 0 Å². The molecule has 0 atom stereocenters. The van der Waals surface area contributed by atoms with Crippen molar-refractivity contribution in [2.45, 2.75) is 0 Å². The second kappa shape index (κ2) is 5.51. The Morgan fingerprint density at radius 3 is 2.42 bits per heavy atom. The molecule has 2 aromatic carbocycles. The van der Waals surface area contributed by atoms with Gasteiger partial charge in [-0.2, -0.15) is 0 Å². The van der Waals surface area contributed by atoms with Crippen molar-refractivity contribution in [3.63, 3.8) is 0 Å². The average Bonchev–Trinajstić information content (AvgIpc) is 2.36. The van der Waals surface area contributed by atoms with Crippen LogP contribution in [0.4, 0.5) is 5.69 Å². The van der Waals surface area contributed by atoms with Gasteiger partial charge in [0.2, 0.25) is 0 Å². The molecular weight excluding hydrogens is 285 g/mol. The summed E-state index contributed by atoms with van der Waals surface area (Å²) >= 11 is 11.9. The third-order valence-electron chi connectivity index (χ3n) is 2.60. The van der Waals surface area contributed by atoms with Crippen molar-refractivity contribution in [1.29, 1.82) is 0 Å². The molecule has 2 aromatic rings. The molecule has 5 heteroatoms. The summed E-state index contributed by atoms with van der Waals surface area (Å²) in [4.78, 5) is 12.3. The number of nitrogens with two attached hydrogens (primary N) is 1. The van der Waals surface area contributed by atoms with Crippen molar-refractivity contribution in [3.8, 4) is 5.75 Å². The van der Waals surface area contributed by atoms with Crippen molar-refractivity contribution in [3.05, 3.63) is 57.6 Å². The Balaban J connectivity index is 2.41. The summed E-state index contributed by atoms with van der Waals surface area (Å²) in [7, 11) is 1.51. The number of nitrogen functional groups attached to an aromatic ring is 1. The van der Waals surface area contributed by atoms with E-state index in [1.165, 1.54) is 7.11 Å². The maximum absolute atomic E-state index is 12.3. The van der Waals surface area contributed by atoms with E-state index in [0.717, 1.165) is 0 Å². The number of ketones is 1. The van der Waals surface area contributed by atoms with E-state index in [1.54, 1.807) is 36.4 Å². The van der Waals surface area contributed by atoms with Gasteiger partial charge in [0.05, 0.1) is 12.1 Å². The number of benzene rings is 2. The number of methoxy groups -OCH3 is 1. The Morgan fingerprint density at radius 2 is 1.84 bits per heavy atom. The zero-order chi connectivity index (χ0) is 14.0. The molecule has 0 radical (unpaired) electrons. The largest absolute Gasteiger partial charge is 0.495 e. The van der Waals surface area contributed by atoms with Crippen LogP contribution >= 0.6 is 23.2 Å². The van der Waals surface area contributed by atoms with Gasteiger partial charge in [0.1, 0.15) is 5.75 Å². The number of hydrogen-bond acceptors (Lipinski definition) is 3. The van der Waals surface area contributed by atoms with E-state index in [4.69, 9.17) is 33.7 Å². The maximum atomic E-state index is 12.3. The summed E-state index contributed by atoms with van der Waals surface area (Å²) in [5.41, 5.74) is 6.98. The van der Waals surface area contributed by atoms with Gasteiger partial charge in [0.25, 0.3) is 0 Å². The first-order chi connectivity index (χ1) is 9.01. The van der Waals surface area contributed by atoms with E-state index in [2.05, 4.69) is 0 Å². The molecule has 0 unspecified atom stereocenters. The molecule has 0 aliphatic carbocycles. The van der Waals surface area contributed by atoms with Crippen LogP contribution in [0.2, 0.25) is 10.0 Å². The predicted molar refractivity (Wildman–Crippen MR) is 77.3 cm³/mol. The van der Waals surface area contributed by atoms with E-state index >= 15 is 0 Å². The standard InChI is InChI=1S/C14H11Cl2NO2/c1-19-13-3-2-8(6-12(13)16)14(18)9-4-10(15)7-11(17)5-9/h2-7H,17H2,1H3. The molecule has 0 heterocycles. The highest BCUT2D eigenvalue weighted by atomic mass is 35.5. The van der Waals surface area contributed by atoms with Gasteiger partial charge in [-0.3, -0.25) is 4.79 Å². The highest BCUT2D eigenvalue weighted by molar-refractivity contribution is 6.33. The van der Waals surface area contributed by atoms with Crippen LogP contribution in [0.25, 0.3) is 0 Å². The molecule has 0 amide bonds. The highest BCUT2D eigenvalue weighted by Gasteiger charge is 2.12. The van der Waals surface area contributed by atoms with Gasteiger partial charge in [-0.1, -0.05) is 23.2 Å². The van der Waals surface area contributed by atoms with Crippen molar-refractivity contribution in [1.82, 2.24) is 0 Å². The van der Waals surface area contributed by atoms with Gasteiger partial charge >= 0.3 is 0 Å². The molecule has 98 valence electrons. The first-order valence-electron chi connectivity index (χ1n) is 5.45. The van der Waals surface area contributed by atoms with Gasteiger partial charge in [0.15, 0.2) is 5.78 Å². The second-order valence-electron chi connectivity index (χ2n) is 3.95. The van der Waals surface area contributed by atoms with Crippen molar-refractivity contribution in [2.24, 2.45) is 0 Å². The first kappa shape index (κ1) is 13.7. The quantitative estimate of drug-likeness (QED) is 0.692. The summed E-state index contributed by atoms with van der Waals surface area (Å²) in [6, 6.07) is 9.57. The molecule has 0 spiro atoms. The maximum Gasteiger partial charge on any atom is 0.193 e. The van der Waals surface area contributed by atoms with Gasteiger partial charge in [-0.05, 0) is 36.4 Å². The van der Waals surface area contributed by atoms with Gasteiger partial charge < -0.3 is 10.5 Å². The average molecular weight is 296 g/mol. The minimum Gasteiger partial charge on any atom is -0.495 e. The van der Waals surface area contributed by atoms with Crippen molar-refractivity contribution < 1.29 is 9.53 Å². The third-order valence-corrected chi connectivity index (χ3v) is 3.11. The van der Waals surface area contributed by atoms with Crippen LogP contribution in [0.1, 0.15) is 15.9 Å². The monoisotopic (exact) mass is 295 g/mol. The fourth-order valence-corrected chi connectivity index (χ4v) is 2.22. The second-order valence-corrected chi connectivity index (χ2v) is 4.80. The summed E-state index contributed by atoms with van der Waals surface area (Å²) in [5, 5.41) is 0.798. The van der Waals surface area contributed by atoms with E-state index in [9.17, 15) is 4.79 Å². The molecular formula is C14H11Cl2NO2. The van der Waals surface area contributed by atoms with Crippen LogP contribution in [0, 0.1) is 0 Å². The van der Waals surface area contributed by atoms with E-state index in [1.807, 2.05) is 0 Å². The number of anilines is 1. The lowest BCUT2D eigenvalue weighted by atomic mass is 10.0. The Hall–Kier alpha value is -1.71. The number of carbonyl (C=O) groups excluding carboxylic acids is 1. The van der Waals surface area contributed by atoms with Gasteiger partial charge in [-0.25, -0.2) is 0 Å². The third kappa shape index (κ3) is 3.00. The molecule has 19 heavy (non-hydrogen) atoms. The highest BCUT2D eigenvalue weighted by Crippen LogP contribution is 2.27. The molecule has 0 fully saturated rings. The van der Waals surface area contributed by atoms with Crippen LogP contribution in [0.5, 0.6) is 5.75 Å². The Kier molecular flexibility index (Phi) is 3.98. The summed E-state index contributed by atoms with van der Waals surface area (Å²) in [6.45, 7) is 0. The van der Waals surface area contributed by atoms with Gasteiger partial charge in [-0.15, -0.1) is 0 Å². The number of hydrogen-bond donors (Lipinski definition) is 1. The van der Waals surface area contributed by atoms with Gasteiger partial charge in [0, 0.05) is 21.8 Å². The molecule has 2 N–H and O–H groups in total. The topological polar surface area (TPSA) is 52.3 Å². The Labute approximate surface area is 120 Å². The minimum absolute atomic E-state index is 0.196. The fourth-order valence-electron chi connectivity index (χ4n) is 1.72. The van der Waals surface area contributed by atoms with E-state index < -0.39 is 0 Å². The van der Waals surface area contributed by atoms with E-state index in [0.29, 0.717) is 32.6 Å². The van der Waals surface area contributed by atoms with Crippen molar-refractivity contribution >= 4 is 34.7 Å². The zero-order valence-electron chi connectivity index (χ0n) is 10.1. The number of ether oxygens (including phenoxy) is 1. The summed E-state index contributed by atoms with van der Waals surface area (Å²) in [5.74, 6) is 0.322. The molecule has 0 saturated heterocycles. The molecule has 2 rings (SSSR count). The van der Waals surface area contributed by atoms with Crippen LogP contribution in [-0.4, -0.2) is 12.9 Å². The Morgan fingerprint density at radius 1 is 1.11 bits per heavy atom. The Bertz CT molecular complexity index is 621. The normalized spacial score (nSPS) is 10.3. The number of carbonyl (C=O) groups is 1. The van der Waals surface area contributed by atoms with Crippen molar-refractivity contribution in [2.75, 3.05) is 12.8 Å². The molecule has 0 aliphatic rings. The number of halogens is 2. The predicted octanol–water partition coefficient (Wildman–Crippen LogP) is 3.82. The lowest BCUT2D eigenvalue weighted by molar-refractivity contribution is 0.103.